The summed E-state index contributed by atoms with van der Waals surface area (Å²) in [6.07, 6.45) is 2.25. The summed E-state index contributed by atoms with van der Waals surface area (Å²) in [6.45, 7) is 17.2. The number of carboxylic acids is 1. The predicted octanol–water partition coefficient (Wildman–Crippen LogP) is 3.95. The molecule has 272 valence electrons. The van der Waals surface area contributed by atoms with Crippen molar-refractivity contribution < 1.29 is 33.8 Å². The SMILES string of the molecule is CC[C@H](C)[C@H](NC(=O)C(C)(C)NC(=S)[C@H](C)NC(=O)[C@@H](NC(=O)[C@H](Cc1c[nH]c2ccccc12)NC(=O)OC(C)(C)C)[C@@H](C)CC)C(=O)O. The molecule has 49 heavy (non-hydrogen) atoms. The van der Waals surface area contributed by atoms with E-state index in [1.807, 2.05) is 45.0 Å². The number of fused-ring (bicyclic) bond motifs is 1. The van der Waals surface area contributed by atoms with E-state index in [9.17, 15) is 29.1 Å². The summed E-state index contributed by atoms with van der Waals surface area (Å²) >= 11 is 5.53. The smallest absolute Gasteiger partial charge is 0.408 e. The zero-order valence-electron chi connectivity index (χ0n) is 30.3. The fourth-order valence-electron chi connectivity index (χ4n) is 4.98. The van der Waals surface area contributed by atoms with Gasteiger partial charge in [-0.3, -0.25) is 14.4 Å². The molecule has 13 nitrogen and oxygen atoms in total. The molecule has 1 aromatic heterocycles. The van der Waals surface area contributed by atoms with E-state index < -0.39 is 65.1 Å². The number of amides is 4. The van der Waals surface area contributed by atoms with Crippen molar-refractivity contribution in [3.63, 3.8) is 0 Å². The Hall–Kier alpha value is -4.20. The van der Waals surface area contributed by atoms with Gasteiger partial charge in [-0.1, -0.05) is 71.0 Å². The quantitative estimate of drug-likeness (QED) is 0.127. The molecule has 0 unspecified atom stereocenters. The van der Waals surface area contributed by atoms with Gasteiger partial charge >= 0.3 is 12.1 Å². The Kier molecular flexibility index (Phi) is 14.6. The third kappa shape index (κ3) is 12.0. The molecule has 0 aliphatic rings. The van der Waals surface area contributed by atoms with Crippen LogP contribution in [0.1, 0.15) is 87.6 Å². The molecule has 1 heterocycles. The lowest BCUT2D eigenvalue weighted by atomic mass is 9.96. The second kappa shape index (κ2) is 17.5. The molecule has 0 saturated heterocycles. The summed E-state index contributed by atoms with van der Waals surface area (Å²) in [6, 6.07) is 3.70. The van der Waals surface area contributed by atoms with Crippen LogP contribution in [0.25, 0.3) is 10.9 Å². The molecule has 0 saturated carbocycles. The number of thiocarbonyl (C=S) groups is 1. The van der Waals surface area contributed by atoms with Crippen molar-refractivity contribution >= 4 is 57.9 Å². The number of aliphatic carboxylic acids is 1. The number of hydrogen-bond donors (Lipinski definition) is 7. The molecule has 0 aliphatic carbocycles. The molecule has 0 spiro atoms. The fraction of sp³-hybridized carbons (Fsp3) is 0.600. The number of hydrogen-bond acceptors (Lipinski definition) is 7. The number of carboxylic acid groups (broad SMARTS) is 1. The van der Waals surface area contributed by atoms with Gasteiger partial charge in [0.25, 0.3) is 0 Å². The highest BCUT2D eigenvalue weighted by Crippen LogP contribution is 2.20. The normalized spacial score (nSPS) is 15.5. The Bertz CT molecular complexity index is 1500. The number of benzene rings is 1. The van der Waals surface area contributed by atoms with Crippen LogP contribution >= 0.6 is 12.2 Å². The van der Waals surface area contributed by atoms with E-state index in [4.69, 9.17) is 17.0 Å². The zero-order chi connectivity index (χ0) is 37.3. The highest BCUT2D eigenvalue weighted by Gasteiger charge is 2.36. The average molecular weight is 703 g/mol. The van der Waals surface area contributed by atoms with Crippen molar-refractivity contribution in [3.05, 3.63) is 36.0 Å². The van der Waals surface area contributed by atoms with Crippen molar-refractivity contribution in [1.82, 2.24) is 31.6 Å². The van der Waals surface area contributed by atoms with Gasteiger partial charge in [0.05, 0.1) is 11.0 Å². The van der Waals surface area contributed by atoms with Crippen LogP contribution < -0.4 is 26.6 Å². The fourth-order valence-corrected chi connectivity index (χ4v) is 5.30. The Morgan fingerprint density at radius 2 is 1.45 bits per heavy atom. The maximum atomic E-state index is 13.8. The molecular formula is C35H54N6O7S. The number of aromatic nitrogens is 1. The van der Waals surface area contributed by atoms with Gasteiger partial charge in [-0.25, -0.2) is 9.59 Å². The first-order valence-corrected chi connectivity index (χ1v) is 17.1. The number of ether oxygens (including phenoxy) is 1. The summed E-state index contributed by atoms with van der Waals surface area (Å²) in [5.74, 6) is -3.38. The van der Waals surface area contributed by atoms with Gasteiger partial charge in [0.1, 0.15) is 29.3 Å². The summed E-state index contributed by atoms with van der Waals surface area (Å²) < 4.78 is 5.44. The highest BCUT2D eigenvalue weighted by atomic mass is 32.1. The number of carbonyl (C=O) groups excluding carboxylic acids is 4. The number of carbonyl (C=O) groups is 5. The van der Waals surface area contributed by atoms with E-state index in [1.165, 1.54) is 0 Å². The second-order valence-electron chi connectivity index (χ2n) is 14.2. The maximum absolute atomic E-state index is 13.8. The van der Waals surface area contributed by atoms with Crippen molar-refractivity contribution in [1.29, 1.82) is 0 Å². The van der Waals surface area contributed by atoms with E-state index >= 15 is 0 Å². The van der Waals surface area contributed by atoms with Gasteiger partial charge in [-0.2, -0.15) is 0 Å². The van der Waals surface area contributed by atoms with Crippen molar-refractivity contribution in [2.75, 3.05) is 0 Å². The summed E-state index contributed by atoms with van der Waals surface area (Å²) in [5.41, 5.74) is -0.423. The molecule has 2 aromatic rings. The second-order valence-corrected chi connectivity index (χ2v) is 14.6. The van der Waals surface area contributed by atoms with Crippen LogP contribution in [0.5, 0.6) is 0 Å². The van der Waals surface area contributed by atoms with Crippen molar-refractivity contribution in [3.8, 4) is 0 Å². The topological polar surface area (TPSA) is 191 Å². The van der Waals surface area contributed by atoms with Crippen LogP contribution in [0.4, 0.5) is 4.79 Å². The van der Waals surface area contributed by atoms with Gasteiger partial charge in [0, 0.05) is 23.5 Å². The number of para-hydroxylation sites is 1. The number of rotatable bonds is 16. The standard InChI is InChI=1S/C35H54N6O7S/c1-11-19(3)26(29(43)37-21(5)30(49)41-35(9,10)32(46)40-27(31(44)45)20(4)12-2)39-28(42)25(38-33(47)48-34(6,7)8)17-22-18-36-24-16-14-13-15-23(22)24/h13-16,18-21,25-27,36H,11-12,17H2,1-10H3,(H,37,43)(H,38,47)(H,39,42)(H,40,46)(H,41,49)(H,44,45)/t19-,20-,21-,25-,26-,27-/m0/s1. The minimum Gasteiger partial charge on any atom is -0.480 e. The number of alkyl carbamates (subject to hydrolysis) is 1. The third-order valence-corrected chi connectivity index (χ3v) is 8.88. The molecule has 7 N–H and O–H groups in total. The Morgan fingerprint density at radius 1 is 0.857 bits per heavy atom. The first kappa shape index (κ1) is 41.0. The lowest BCUT2D eigenvalue weighted by molar-refractivity contribution is -0.144. The molecule has 2 rings (SSSR count). The molecule has 1 aromatic carbocycles. The monoisotopic (exact) mass is 702 g/mol. The van der Waals surface area contributed by atoms with E-state index in [0.29, 0.717) is 12.8 Å². The summed E-state index contributed by atoms with van der Waals surface area (Å²) in [4.78, 5) is 68.5. The first-order chi connectivity index (χ1) is 22.7. The molecule has 4 amide bonds. The summed E-state index contributed by atoms with van der Waals surface area (Å²) in [7, 11) is 0. The van der Waals surface area contributed by atoms with Gasteiger partial charge in [0.2, 0.25) is 17.7 Å². The van der Waals surface area contributed by atoms with Gasteiger partial charge < -0.3 is 41.4 Å². The van der Waals surface area contributed by atoms with Crippen molar-refractivity contribution in [2.45, 2.75) is 124 Å². The van der Waals surface area contributed by atoms with Crippen LogP contribution in [0.3, 0.4) is 0 Å². The average Bonchev–Trinajstić information content (AvgIpc) is 3.42. The van der Waals surface area contributed by atoms with Crippen LogP contribution in [0.2, 0.25) is 0 Å². The molecule has 14 heteroatoms. The highest BCUT2D eigenvalue weighted by molar-refractivity contribution is 7.80. The third-order valence-electron chi connectivity index (χ3n) is 8.42. The predicted molar refractivity (Wildman–Crippen MR) is 193 cm³/mol. The van der Waals surface area contributed by atoms with E-state index in [-0.39, 0.29) is 23.2 Å². The first-order valence-electron chi connectivity index (χ1n) is 16.7. The van der Waals surface area contributed by atoms with E-state index in [1.54, 1.807) is 54.7 Å². The number of nitrogens with one attached hydrogen (secondary N) is 6. The lowest BCUT2D eigenvalue weighted by Crippen LogP contribution is -2.62. The Balaban J connectivity index is 2.22. The Labute approximate surface area is 294 Å². The van der Waals surface area contributed by atoms with Crippen LogP contribution in [0.15, 0.2) is 30.5 Å². The van der Waals surface area contributed by atoms with Crippen LogP contribution in [-0.4, -0.2) is 80.2 Å². The largest absolute Gasteiger partial charge is 0.480 e. The minimum atomic E-state index is -1.30. The zero-order valence-corrected chi connectivity index (χ0v) is 31.1. The number of H-pyrrole nitrogens is 1. The minimum absolute atomic E-state index is 0.130. The number of aromatic amines is 1. The van der Waals surface area contributed by atoms with Gasteiger partial charge in [-0.05, 0) is 65.0 Å². The molecule has 0 aliphatic heterocycles. The Morgan fingerprint density at radius 3 is 2.02 bits per heavy atom. The van der Waals surface area contributed by atoms with E-state index in [2.05, 4.69) is 31.6 Å². The lowest BCUT2D eigenvalue weighted by Gasteiger charge is -2.32. The summed E-state index contributed by atoms with van der Waals surface area (Å²) in [5, 5.41) is 24.4. The van der Waals surface area contributed by atoms with Crippen LogP contribution in [0, 0.1) is 11.8 Å². The molecular weight excluding hydrogens is 648 g/mol. The molecule has 6 atom stereocenters. The van der Waals surface area contributed by atoms with Crippen molar-refractivity contribution in [2.24, 2.45) is 11.8 Å². The van der Waals surface area contributed by atoms with E-state index in [0.717, 1.165) is 16.5 Å². The van der Waals surface area contributed by atoms with Gasteiger partial charge in [0.15, 0.2) is 0 Å². The molecule has 0 radical (unpaired) electrons. The molecule has 0 bridgehead atoms. The molecule has 0 fully saturated rings. The van der Waals surface area contributed by atoms with Gasteiger partial charge in [-0.15, -0.1) is 0 Å². The van der Waals surface area contributed by atoms with Crippen LogP contribution in [-0.2, 0) is 30.3 Å². The maximum Gasteiger partial charge on any atom is 0.408 e.